The third-order valence-corrected chi connectivity index (χ3v) is 4.83. The van der Waals surface area contributed by atoms with Crippen molar-refractivity contribution in [1.82, 2.24) is 9.80 Å². The fraction of sp³-hybridized carbons (Fsp3) is 0.450. The van der Waals surface area contributed by atoms with Crippen molar-refractivity contribution in [3.8, 4) is 5.75 Å². The van der Waals surface area contributed by atoms with Gasteiger partial charge in [-0.25, -0.2) is 4.79 Å². The number of carbonyl (C=O) groups is 2. The molecule has 0 spiro atoms. The molecule has 150 valence electrons. The largest absolute Gasteiger partial charge is 0.483 e. The maximum Gasteiger partial charge on any atom is 0.336 e. The van der Waals surface area contributed by atoms with E-state index < -0.39 is 5.63 Å². The van der Waals surface area contributed by atoms with Crippen LogP contribution in [0.2, 0.25) is 0 Å². The number of amides is 2. The molecule has 1 aliphatic heterocycles. The third-order valence-electron chi connectivity index (χ3n) is 4.83. The zero-order valence-corrected chi connectivity index (χ0v) is 16.3. The van der Waals surface area contributed by atoms with Crippen molar-refractivity contribution in [2.45, 2.75) is 13.8 Å². The molecule has 0 bridgehead atoms. The van der Waals surface area contributed by atoms with Gasteiger partial charge in [0.2, 0.25) is 5.91 Å². The second kappa shape index (κ2) is 8.43. The normalized spacial score (nSPS) is 14.2. The molecule has 0 aliphatic carbocycles. The summed E-state index contributed by atoms with van der Waals surface area (Å²) in [6.45, 7) is 5.50. The Morgan fingerprint density at radius 1 is 1.21 bits per heavy atom. The molecule has 8 nitrogen and oxygen atoms in total. The molecule has 0 N–H and O–H groups in total. The molecule has 1 fully saturated rings. The summed E-state index contributed by atoms with van der Waals surface area (Å²) in [6.07, 6.45) is 0. The van der Waals surface area contributed by atoms with Crippen molar-refractivity contribution in [2.75, 3.05) is 46.5 Å². The molecule has 0 atom stereocenters. The van der Waals surface area contributed by atoms with Crippen LogP contribution in [-0.4, -0.2) is 68.1 Å². The fourth-order valence-electron chi connectivity index (χ4n) is 3.11. The van der Waals surface area contributed by atoms with Gasteiger partial charge in [0, 0.05) is 37.2 Å². The van der Waals surface area contributed by atoms with Crippen LogP contribution in [0.25, 0.3) is 11.0 Å². The fourth-order valence-corrected chi connectivity index (χ4v) is 3.11. The first-order chi connectivity index (χ1) is 13.4. The minimum absolute atomic E-state index is 0.00698. The van der Waals surface area contributed by atoms with Gasteiger partial charge in [-0.3, -0.25) is 9.59 Å². The lowest BCUT2D eigenvalue weighted by atomic mass is 10.1. The molecule has 8 heteroatoms. The first-order valence-corrected chi connectivity index (χ1v) is 9.13. The van der Waals surface area contributed by atoms with Gasteiger partial charge in [0.05, 0.1) is 19.8 Å². The highest BCUT2D eigenvalue weighted by Gasteiger charge is 2.21. The topological polar surface area (TPSA) is 89.3 Å². The van der Waals surface area contributed by atoms with Crippen LogP contribution in [0.15, 0.2) is 27.4 Å². The monoisotopic (exact) mass is 388 g/mol. The van der Waals surface area contributed by atoms with Crippen LogP contribution < -0.4 is 10.4 Å². The Labute approximate surface area is 162 Å². The predicted octanol–water partition coefficient (Wildman–Crippen LogP) is 1.11. The number of carbonyl (C=O) groups excluding carboxylic acids is 2. The molecule has 1 aliphatic rings. The lowest BCUT2D eigenvalue weighted by Gasteiger charge is -2.28. The summed E-state index contributed by atoms with van der Waals surface area (Å²) in [4.78, 5) is 39.3. The molecule has 2 amide bonds. The Balaban J connectivity index is 1.63. The van der Waals surface area contributed by atoms with E-state index in [0.717, 1.165) is 10.9 Å². The van der Waals surface area contributed by atoms with E-state index in [1.54, 1.807) is 31.0 Å². The van der Waals surface area contributed by atoms with Crippen LogP contribution in [0, 0.1) is 13.8 Å². The minimum atomic E-state index is -0.428. The van der Waals surface area contributed by atoms with Crippen molar-refractivity contribution >= 4 is 22.8 Å². The molecular formula is C20H24N2O6. The van der Waals surface area contributed by atoms with E-state index in [9.17, 15) is 14.4 Å². The smallest absolute Gasteiger partial charge is 0.336 e. The zero-order chi connectivity index (χ0) is 20.3. The number of hydrogen-bond donors (Lipinski definition) is 0. The SMILES string of the molecule is Cc1cc(=O)oc2c(C)c(OCC(=O)N(C)CC(=O)N3CCOCC3)ccc12. The predicted molar refractivity (Wildman–Crippen MR) is 102 cm³/mol. The molecule has 0 saturated carbocycles. The molecule has 1 aromatic carbocycles. The second-order valence-corrected chi connectivity index (χ2v) is 6.85. The van der Waals surface area contributed by atoms with Crippen LogP contribution in [0.3, 0.4) is 0 Å². The maximum absolute atomic E-state index is 12.3. The standard InChI is InChI=1S/C20H24N2O6/c1-13-10-19(25)28-20-14(2)16(5-4-15(13)20)27-12-18(24)21(3)11-17(23)22-6-8-26-9-7-22/h4-5,10H,6-9,11-12H2,1-3H3. The van der Waals surface area contributed by atoms with Crippen LogP contribution in [0.4, 0.5) is 0 Å². The Hall–Kier alpha value is -2.87. The molecule has 3 rings (SSSR count). The number of hydrogen-bond acceptors (Lipinski definition) is 6. The Kier molecular flexibility index (Phi) is 5.99. The molecular weight excluding hydrogens is 364 g/mol. The van der Waals surface area contributed by atoms with Crippen molar-refractivity contribution in [2.24, 2.45) is 0 Å². The first-order valence-electron chi connectivity index (χ1n) is 9.13. The van der Waals surface area contributed by atoms with Gasteiger partial charge in [0.25, 0.3) is 5.91 Å². The van der Waals surface area contributed by atoms with E-state index in [0.29, 0.717) is 43.2 Å². The van der Waals surface area contributed by atoms with Crippen LogP contribution >= 0.6 is 0 Å². The van der Waals surface area contributed by atoms with Crippen molar-refractivity contribution < 1.29 is 23.5 Å². The van der Waals surface area contributed by atoms with Gasteiger partial charge in [-0.1, -0.05) is 0 Å². The molecule has 1 saturated heterocycles. The van der Waals surface area contributed by atoms with Crippen LogP contribution in [0.5, 0.6) is 5.75 Å². The maximum atomic E-state index is 12.3. The van der Waals surface area contributed by atoms with E-state index in [2.05, 4.69) is 0 Å². The molecule has 28 heavy (non-hydrogen) atoms. The quantitative estimate of drug-likeness (QED) is 0.713. The molecule has 0 radical (unpaired) electrons. The summed E-state index contributed by atoms with van der Waals surface area (Å²) >= 11 is 0. The number of benzene rings is 1. The number of ether oxygens (including phenoxy) is 2. The summed E-state index contributed by atoms with van der Waals surface area (Å²) in [5.41, 5.74) is 1.49. The average Bonchev–Trinajstić information content (AvgIpc) is 2.68. The highest BCUT2D eigenvalue weighted by atomic mass is 16.5. The Morgan fingerprint density at radius 2 is 1.93 bits per heavy atom. The number of nitrogens with zero attached hydrogens (tertiary/aromatic N) is 2. The summed E-state index contributed by atoms with van der Waals surface area (Å²) < 4.78 is 16.2. The second-order valence-electron chi connectivity index (χ2n) is 6.85. The van der Waals surface area contributed by atoms with E-state index in [4.69, 9.17) is 13.9 Å². The summed E-state index contributed by atoms with van der Waals surface area (Å²) in [5, 5.41) is 0.823. The van der Waals surface area contributed by atoms with E-state index in [-0.39, 0.29) is 25.0 Å². The lowest BCUT2D eigenvalue weighted by molar-refractivity contribution is -0.142. The molecule has 1 aromatic heterocycles. The van der Waals surface area contributed by atoms with Gasteiger partial charge >= 0.3 is 5.63 Å². The van der Waals surface area contributed by atoms with Crippen LogP contribution in [0.1, 0.15) is 11.1 Å². The Morgan fingerprint density at radius 3 is 2.64 bits per heavy atom. The number of rotatable bonds is 5. The van der Waals surface area contributed by atoms with E-state index >= 15 is 0 Å². The minimum Gasteiger partial charge on any atom is -0.483 e. The van der Waals surface area contributed by atoms with Gasteiger partial charge in [-0.15, -0.1) is 0 Å². The zero-order valence-electron chi connectivity index (χ0n) is 16.3. The van der Waals surface area contributed by atoms with E-state index in [1.165, 1.54) is 11.0 Å². The molecule has 2 aromatic rings. The van der Waals surface area contributed by atoms with Gasteiger partial charge < -0.3 is 23.7 Å². The van der Waals surface area contributed by atoms with Crippen molar-refractivity contribution in [3.05, 3.63) is 39.7 Å². The summed E-state index contributed by atoms with van der Waals surface area (Å²) in [6, 6.07) is 4.98. The van der Waals surface area contributed by atoms with Crippen molar-refractivity contribution in [3.63, 3.8) is 0 Å². The highest BCUT2D eigenvalue weighted by Crippen LogP contribution is 2.28. The number of fused-ring (bicyclic) bond motifs is 1. The van der Waals surface area contributed by atoms with Crippen LogP contribution in [-0.2, 0) is 14.3 Å². The van der Waals surface area contributed by atoms with Gasteiger partial charge in [-0.05, 0) is 31.5 Å². The number of aryl methyl sites for hydroxylation is 2. The third kappa shape index (κ3) is 4.33. The first kappa shape index (κ1) is 19.9. The Bertz CT molecular complexity index is 946. The van der Waals surface area contributed by atoms with Gasteiger partial charge in [-0.2, -0.15) is 0 Å². The summed E-state index contributed by atoms with van der Waals surface area (Å²) in [7, 11) is 1.57. The lowest BCUT2D eigenvalue weighted by Crippen LogP contribution is -2.46. The molecule has 0 unspecified atom stereocenters. The number of likely N-dealkylation sites (N-methyl/N-ethyl adjacent to an activating group) is 1. The van der Waals surface area contributed by atoms with Gasteiger partial charge in [0.15, 0.2) is 6.61 Å². The summed E-state index contributed by atoms with van der Waals surface area (Å²) in [5.74, 6) is 0.0348. The van der Waals surface area contributed by atoms with E-state index in [1.807, 2.05) is 6.92 Å². The van der Waals surface area contributed by atoms with Crippen molar-refractivity contribution in [1.29, 1.82) is 0 Å². The molecule has 2 heterocycles. The highest BCUT2D eigenvalue weighted by molar-refractivity contribution is 5.86. The van der Waals surface area contributed by atoms with Gasteiger partial charge in [0.1, 0.15) is 11.3 Å². The average molecular weight is 388 g/mol. The number of morpholine rings is 1.